The van der Waals surface area contributed by atoms with E-state index >= 15 is 0 Å². The molecule has 0 unspecified atom stereocenters. The third-order valence-corrected chi connectivity index (χ3v) is 7.22. The fraction of sp³-hybridized carbons (Fsp3) is 0.0909. The average molecular weight is 454 g/mol. The summed E-state index contributed by atoms with van der Waals surface area (Å²) < 4.78 is 6.13. The molecule has 0 fully saturated rings. The zero-order chi connectivity index (χ0) is 24.2. The highest BCUT2D eigenvalue weighted by Crippen LogP contribution is 2.49. The van der Waals surface area contributed by atoms with E-state index in [0.29, 0.717) is 0 Å². The Kier molecular flexibility index (Phi) is 4.79. The summed E-state index contributed by atoms with van der Waals surface area (Å²) in [6.07, 6.45) is 1.84. The zero-order valence-corrected chi connectivity index (χ0v) is 20.1. The number of para-hydroxylation sites is 1. The van der Waals surface area contributed by atoms with Crippen LogP contribution in [0.4, 0.5) is 11.4 Å². The molecule has 1 aromatic heterocycles. The number of furan rings is 1. The minimum absolute atomic E-state index is 0.0132. The second-order valence-corrected chi connectivity index (χ2v) is 9.66. The van der Waals surface area contributed by atoms with E-state index in [9.17, 15) is 0 Å². The van der Waals surface area contributed by atoms with Crippen LogP contribution in [0.15, 0.2) is 109 Å². The molecule has 0 spiro atoms. The number of benzene rings is 4. The molecule has 0 amide bonds. The van der Waals surface area contributed by atoms with Gasteiger partial charge in [0.25, 0.3) is 0 Å². The zero-order valence-electron chi connectivity index (χ0n) is 20.1. The predicted octanol–water partition coefficient (Wildman–Crippen LogP) is 9.19. The Balaban J connectivity index is 1.27. The SMILES string of the molecule is C=Cc1c(C(=C)c2ccc(Nc3ccc4c(c3)C(C)(C)c3ccccc3-4)cc2)oc2ccccc12. The van der Waals surface area contributed by atoms with Gasteiger partial charge in [-0.25, -0.2) is 0 Å². The minimum atomic E-state index is -0.0132. The van der Waals surface area contributed by atoms with Crippen LogP contribution in [0, 0.1) is 0 Å². The lowest BCUT2D eigenvalue weighted by Crippen LogP contribution is -2.15. The summed E-state index contributed by atoms with van der Waals surface area (Å²) in [5.74, 6) is 0.766. The minimum Gasteiger partial charge on any atom is -0.455 e. The first-order chi connectivity index (χ1) is 17.0. The van der Waals surface area contributed by atoms with Gasteiger partial charge in [0.1, 0.15) is 11.3 Å². The van der Waals surface area contributed by atoms with Crippen LogP contribution in [-0.4, -0.2) is 0 Å². The molecule has 1 N–H and O–H groups in total. The van der Waals surface area contributed by atoms with Gasteiger partial charge in [-0.3, -0.25) is 0 Å². The largest absolute Gasteiger partial charge is 0.455 e. The third kappa shape index (κ3) is 3.33. The second-order valence-electron chi connectivity index (χ2n) is 9.66. The van der Waals surface area contributed by atoms with Gasteiger partial charge in [0, 0.05) is 33.3 Å². The summed E-state index contributed by atoms with van der Waals surface area (Å²) in [5.41, 5.74) is 11.2. The van der Waals surface area contributed by atoms with E-state index in [1.54, 1.807) is 0 Å². The number of nitrogens with one attached hydrogen (secondary N) is 1. The molecule has 0 radical (unpaired) electrons. The van der Waals surface area contributed by atoms with E-state index < -0.39 is 0 Å². The Morgan fingerprint density at radius 2 is 1.49 bits per heavy atom. The Hall–Kier alpha value is -4.30. The first kappa shape index (κ1) is 21.2. The molecule has 0 atom stereocenters. The van der Waals surface area contributed by atoms with Gasteiger partial charge in [0.2, 0.25) is 0 Å². The molecule has 0 aliphatic heterocycles. The van der Waals surface area contributed by atoms with Crippen LogP contribution in [0.1, 0.15) is 41.9 Å². The number of hydrogen-bond acceptors (Lipinski definition) is 2. The molecule has 170 valence electrons. The molecular weight excluding hydrogens is 426 g/mol. The standard InChI is InChI=1S/C33H27NO/c1-5-25-28-11-7-9-13-31(28)35-32(25)21(2)22-14-16-23(17-15-22)34-24-18-19-27-26-10-6-8-12-29(26)33(3,4)30(27)20-24/h5-20,34H,1-2H2,3-4H3. The van der Waals surface area contributed by atoms with Gasteiger partial charge in [0.15, 0.2) is 0 Å². The van der Waals surface area contributed by atoms with Gasteiger partial charge in [-0.15, -0.1) is 0 Å². The maximum absolute atomic E-state index is 6.13. The predicted molar refractivity (Wildman–Crippen MR) is 148 cm³/mol. The monoisotopic (exact) mass is 453 g/mol. The number of rotatable bonds is 5. The van der Waals surface area contributed by atoms with Gasteiger partial charge >= 0.3 is 0 Å². The Morgan fingerprint density at radius 3 is 2.29 bits per heavy atom. The van der Waals surface area contributed by atoms with Gasteiger partial charge in [-0.1, -0.05) is 93.7 Å². The number of anilines is 2. The summed E-state index contributed by atoms with van der Waals surface area (Å²) >= 11 is 0. The summed E-state index contributed by atoms with van der Waals surface area (Å²) in [4.78, 5) is 0. The molecule has 1 aliphatic carbocycles. The maximum Gasteiger partial charge on any atom is 0.142 e. The molecule has 35 heavy (non-hydrogen) atoms. The van der Waals surface area contributed by atoms with Crippen molar-refractivity contribution in [2.24, 2.45) is 0 Å². The van der Waals surface area contributed by atoms with Gasteiger partial charge in [-0.2, -0.15) is 0 Å². The number of hydrogen-bond donors (Lipinski definition) is 1. The van der Waals surface area contributed by atoms with Crippen LogP contribution in [0.2, 0.25) is 0 Å². The normalized spacial score (nSPS) is 13.3. The van der Waals surface area contributed by atoms with Crippen molar-refractivity contribution in [3.63, 3.8) is 0 Å². The van der Waals surface area contributed by atoms with Gasteiger partial charge in [0.05, 0.1) is 0 Å². The lowest BCUT2D eigenvalue weighted by molar-refractivity contribution is 0.600. The van der Waals surface area contributed by atoms with Crippen molar-refractivity contribution in [3.8, 4) is 11.1 Å². The molecule has 5 aromatic rings. The molecule has 0 saturated heterocycles. The molecule has 4 aromatic carbocycles. The molecule has 0 bridgehead atoms. The van der Waals surface area contributed by atoms with Crippen molar-refractivity contribution >= 4 is 34.0 Å². The Labute approximate surface area is 206 Å². The van der Waals surface area contributed by atoms with Crippen LogP contribution in [0.3, 0.4) is 0 Å². The van der Waals surface area contributed by atoms with Gasteiger partial charge in [-0.05, 0) is 58.1 Å². The van der Waals surface area contributed by atoms with E-state index in [-0.39, 0.29) is 5.41 Å². The maximum atomic E-state index is 6.13. The van der Waals surface area contributed by atoms with Crippen LogP contribution in [0.5, 0.6) is 0 Å². The van der Waals surface area contributed by atoms with Crippen molar-refractivity contribution in [1.82, 2.24) is 0 Å². The highest BCUT2D eigenvalue weighted by Gasteiger charge is 2.35. The molecule has 2 heteroatoms. The third-order valence-electron chi connectivity index (χ3n) is 7.22. The van der Waals surface area contributed by atoms with Crippen molar-refractivity contribution < 1.29 is 4.42 Å². The highest BCUT2D eigenvalue weighted by molar-refractivity contribution is 5.95. The van der Waals surface area contributed by atoms with E-state index in [1.807, 2.05) is 24.3 Å². The molecule has 6 rings (SSSR count). The second kappa shape index (κ2) is 7.89. The topological polar surface area (TPSA) is 25.2 Å². The van der Waals surface area contributed by atoms with Crippen LogP contribution in [0.25, 0.3) is 33.7 Å². The van der Waals surface area contributed by atoms with Crippen molar-refractivity contribution in [1.29, 1.82) is 0 Å². The first-order valence-corrected chi connectivity index (χ1v) is 11.9. The van der Waals surface area contributed by atoms with Crippen molar-refractivity contribution in [2.45, 2.75) is 19.3 Å². The van der Waals surface area contributed by atoms with E-state index in [4.69, 9.17) is 4.42 Å². The summed E-state index contributed by atoms with van der Waals surface area (Å²) in [6.45, 7) is 12.9. The summed E-state index contributed by atoms with van der Waals surface area (Å²) in [7, 11) is 0. The fourth-order valence-corrected chi connectivity index (χ4v) is 5.33. The van der Waals surface area contributed by atoms with Crippen LogP contribution in [-0.2, 0) is 5.41 Å². The molecule has 1 heterocycles. The quantitative estimate of drug-likeness (QED) is 0.287. The van der Waals surface area contributed by atoms with Crippen LogP contribution < -0.4 is 5.32 Å². The van der Waals surface area contributed by atoms with Crippen molar-refractivity contribution in [3.05, 3.63) is 132 Å². The number of fused-ring (bicyclic) bond motifs is 4. The summed E-state index contributed by atoms with van der Waals surface area (Å²) in [5, 5.41) is 4.63. The Morgan fingerprint density at radius 1 is 0.800 bits per heavy atom. The molecule has 0 saturated carbocycles. The van der Waals surface area contributed by atoms with Gasteiger partial charge < -0.3 is 9.73 Å². The molecule has 1 aliphatic rings. The average Bonchev–Trinajstić information content (AvgIpc) is 3.37. The fourth-order valence-electron chi connectivity index (χ4n) is 5.33. The van der Waals surface area contributed by atoms with E-state index in [1.165, 1.54) is 22.3 Å². The first-order valence-electron chi connectivity index (χ1n) is 11.9. The highest BCUT2D eigenvalue weighted by atomic mass is 16.3. The molecule has 2 nitrogen and oxygen atoms in total. The lowest BCUT2D eigenvalue weighted by Gasteiger charge is -2.22. The summed E-state index contributed by atoms with van der Waals surface area (Å²) in [6, 6.07) is 31.7. The smallest absolute Gasteiger partial charge is 0.142 e. The van der Waals surface area contributed by atoms with E-state index in [2.05, 4.69) is 105 Å². The van der Waals surface area contributed by atoms with Crippen LogP contribution >= 0.6 is 0 Å². The molecular formula is C33H27NO. The van der Waals surface area contributed by atoms with Crippen molar-refractivity contribution in [2.75, 3.05) is 5.32 Å². The van der Waals surface area contributed by atoms with E-state index in [0.717, 1.165) is 44.8 Å². The Bertz CT molecular complexity index is 1620. The lowest BCUT2D eigenvalue weighted by atomic mass is 9.82.